The van der Waals surface area contributed by atoms with Gasteiger partial charge in [0.05, 0.1) is 11.2 Å². The highest BCUT2D eigenvalue weighted by Crippen LogP contribution is 2.40. The van der Waals surface area contributed by atoms with Gasteiger partial charge >= 0.3 is 0 Å². The van der Waals surface area contributed by atoms with Gasteiger partial charge in [-0.15, -0.1) is 0 Å². The third-order valence-electron chi connectivity index (χ3n) is 3.39. The summed E-state index contributed by atoms with van der Waals surface area (Å²) < 4.78 is 5.80. The third-order valence-corrected chi connectivity index (χ3v) is 3.68. The zero-order valence-corrected chi connectivity index (χ0v) is 12.4. The third kappa shape index (κ3) is 1.81. The predicted octanol–water partition coefficient (Wildman–Crippen LogP) is 2.73. The molecule has 2 heterocycles. The van der Waals surface area contributed by atoms with Crippen molar-refractivity contribution in [3.8, 4) is 5.75 Å². The molecule has 6 heteroatoms. The molecule has 3 rings (SSSR count). The van der Waals surface area contributed by atoms with Gasteiger partial charge in [0, 0.05) is 18.5 Å². The van der Waals surface area contributed by atoms with E-state index in [1.165, 1.54) is 0 Å². The van der Waals surface area contributed by atoms with Gasteiger partial charge < -0.3 is 9.64 Å². The number of amides is 1. The number of aryl methyl sites for hydroxylation is 1. The molecule has 0 bridgehead atoms. The van der Waals surface area contributed by atoms with Crippen molar-refractivity contribution in [1.29, 1.82) is 0 Å². The van der Waals surface area contributed by atoms with Gasteiger partial charge in [-0.05, 0) is 26.8 Å². The molecule has 104 valence electrons. The monoisotopic (exact) mass is 291 g/mol. The van der Waals surface area contributed by atoms with Crippen molar-refractivity contribution in [2.24, 2.45) is 0 Å². The van der Waals surface area contributed by atoms with Gasteiger partial charge in [-0.1, -0.05) is 11.6 Å². The first-order chi connectivity index (χ1) is 9.29. The lowest BCUT2D eigenvalue weighted by Crippen LogP contribution is -2.50. The van der Waals surface area contributed by atoms with Crippen LogP contribution in [-0.2, 0) is 4.79 Å². The Morgan fingerprint density at radius 1 is 1.30 bits per heavy atom. The summed E-state index contributed by atoms with van der Waals surface area (Å²) in [6.07, 6.45) is 0. The second kappa shape index (κ2) is 4.06. The number of carbonyl (C=O) groups excluding carboxylic acids is 1. The molecule has 1 amide bonds. The molecule has 0 fully saturated rings. The minimum Gasteiger partial charge on any atom is -0.476 e. The number of anilines is 1. The van der Waals surface area contributed by atoms with E-state index in [-0.39, 0.29) is 5.91 Å². The van der Waals surface area contributed by atoms with E-state index in [1.54, 1.807) is 44.9 Å². The van der Waals surface area contributed by atoms with E-state index in [2.05, 4.69) is 9.97 Å². The lowest BCUT2D eigenvalue weighted by atomic mass is 10.0. The molecule has 0 N–H and O–H groups in total. The summed E-state index contributed by atoms with van der Waals surface area (Å²) in [5.41, 5.74) is 0.498. The number of rotatable bonds is 0. The van der Waals surface area contributed by atoms with Crippen molar-refractivity contribution in [3.63, 3.8) is 0 Å². The Labute approximate surface area is 121 Å². The van der Waals surface area contributed by atoms with Crippen LogP contribution in [0.5, 0.6) is 5.75 Å². The molecule has 0 atom stereocenters. The van der Waals surface area contributed by atoms with E-state index in [1.807, 2.05) is 0 Å². The molecule has 0 spiro atoms. The van der Waals surface area contributed by atoms with Gasteiger partial charge in [-0.3, -0.25) is 4.79 Å². The number of fused-ring (bicyclic) bond motifs is 2. The van der Waals surface area contributed by atoms with Gasteiger partial charge in [0.2, 0.25) is 0 Å². The number of benzene rings is 1. The Kier molecular flexibility index (Phi) is 2.66. The van der Waals surface area contributed by atoms with Gasteiger partial charge in [-0.2, -0.15) is 0 Å². The van der Waals surface area contributed by atoms with E-state index >= 15 is 0 Å². The molecule has 0 aliphatic carbocycles. The van der Waals surface area contributed by atoms with Crippen LogP contribution in [-0.4, -0.2) is 28.5 Å². The van der Waals surface area contributed by atoms with Crippen molar-refractivity contribution in [2.75, 3.05) is 11.9 Å². The first kappa shape index (κ1) is 13.1. The number of halogens is 1. The highest BCUT2D eigenvalue weighted by molar-refractivity contribution is 6.34. The second-order valence-corrected chi connectivity index (χ2v) is 5.73. The maximum absolute atomic E-state index is 12.2. The van der Waals surface area contributed by atoms with E-state index in [0.717, 1.165) is 0 Å². The number of hydrogen-bond donors (Lipinski definition) is 0. The first-order valence-corrected chi connectivity index (χ1v) is 6.62. The fourth-order valence-electron chi connectivity index (χ4n) is 2.39. The molecule has 2 aromatic rings. The molecular formula is C14H14ClN3O2. The number of hydrogen-bond acceptors (Lipinski definition) is 4. The van der Waals surface area contributed by atoms with Crippen molar-refractivity contribution in [1.82, 2.24) is 9.97 Å². The van der Waals surface area contributed by atoms with Crippen LogP contribution >= 0.6 is 11.6 Å². The normalized spacial score (nSPS) is 17.1. The van der Waals surface area contributed by atoms with Crippen LogP contribution in [0.2, 0.25) is 5.15 Å². The summed E-state index contributed by atoms with van der Waals surface area (Å²) in [4.78, 5) is 22.3. The molecule has 0 saturated carbocycles. The van der Waals surface area contributed by atoms with Gasteiger partial charge in [0.15, 0.2) is 5.60 Å². The van der Waals surface area contributed by atoms with Gasteiger partial charge in [-0.25, -0.2) is 9.97 Å². The minimum atomic E-state index is -0.888. The fraction of sp³-hybridized carbons (Fsp3) is 0.357. The molecular weight excluding hydrogens is 278 g/mol. The SMILES string of the molecule is Cc1nc(Cl)c2cc3c(cc2n1)OC(C)(C)C(=O)N3C. The predicted molar refractivity (Wildman–Crippen MR) is 77.4 cm³/mol. The smallest absolute Gasteiger partial charge is 0.270 e. The fourth-order valence-corrected chi connectivity index (χ4v) is 2.67. The molecule has 0 radical (unpaired) electrons. The maximum atomic E-state index is 12.2. The number of ether oxygens (including phenoxy) is 1. The Hall–Kier alpha value is -1.88. The van der Waals surface area contributed by atoms with Crippen LogP contribution in [0.1, 0.15) is 19.7 Å². The zero-order chi connectivity index (χ0) is 14.7. The molecule has 1 aliphatic heterocycles. The van der Waals surface area contributed by atoms with Crippen LogP contribution in [0, 0.1) is 6.92 Å². The summed E-state index contributed by atoms with van der Waals surface area (Å²) in [6, 6.07) is 3.59. The van der Waals surface area contributed by atoms with E-state index in [4.69, 9.17) is 16.3 Å². The van der Waals surface area contributed by atoms with Crippen LogP contribution < -0.4 is 9.64 Å². The summed E-state index contributed by atoms with van der Waals surface area (Å²) >= 11 is 6.15. The topological polar surface area (TPSA) is 55.3 Å². The number of likely N-dealkylation sites (N-methyl/N-ethyl adjacent to an activating group) is 1. The Morgan fingerprint density at radius 2 is 2.00 bits per heavy atom. The lowest BCUT2D eigenvalue weighted by molar-refractivity contribution is -0.132. The highest BCUT2D eigenvalue weighted by atomic mass is 35.5. The zero-order valence-electron chi connectivity index (χ0n) is 11.7. The summed E-state index contributed by atoms with van der Waals surface area (Å²) in [7, 11) is 1.72. The lowest BCUT2D eigenvalue weighted by Gasteiger charge is -2.37. The second-order valence-electron chi connectivity index (χ2n) is 5.38. The quantitative estimate of drug-likeness (QED) is 0.700. The van der Waals surface area contributed by atoms with E-state index in [9.17, 15) is 4.79 Å². The number of aromatic nitrogens is 2. The van der Waals surface area contributed by atoms with Crippen molar-refractivity contribution in [3.05, 3.63) is 23.1 Å². The largest absolute Gasteiger partial charge is 0.476 e. The highest BCUT2D eigenvalue weighted by Gasteiger charge is 2.39. The summed E-state index contributed by atoms with van der Waals surface area (Å²) in [5.74, 6) is 1.12. The Morgan fingerprint density at radius 3 is 2.70 bits per heavy atom. The van der Waals surface area contributed by atoms with Crippen LogP contribution in [0.3, 0.4) is 0 Å². The van der Waals surface area contributed by atoms with E-state index in [0.29, 0.717) is 33.3 Å². The number of nitrogens with zero attached hydrogens (tertiary/aromatic N) is 3. The Bertz CT molecular complexity index is 743. The molecule has 1 aliphatic rings. The van der Waals surface area contributed by atoms with Crippen LogP contribution in [0.25, 0.3) is 10.9 Å². The number of carbonyl (C=O) groups is 1. The maximum Gasteiger partial charge on any atom is 0.270 e. The van der Waals surface area contributed by atoms with Crippen molar-refractivity contribution >= 4 is 34.1 Å². The van der Waals surface area contributed by atoms with Crippen LogP contribution in [0.15, 0.2) is 12.1 Å². The van der Waals surface area contributed by atoms with Crippen molar-refractivity contribution in [2.45, 2.75) is 26.4 Å². The van der Waals surface area contributed by atoms with Crippen molar-refractivity contribution < 1.29 is 9.53 Å². The molecule has 0 unspecified atom stereocenters. The standard InChI is InChI=1S/C14H14ClN3O2/c1-7-16-9-6-11-10(5-8(9)12(15)17-7)18(4)13(19)14(2,3)20-11/h5-6H,1-4H3. The Balaban J connectivity index is 2.30. The summed E-state index contributed by atoms with van der Waals surface area (Å²) in [5, 5.41) is 1.08. The van der Waals surface area contributed by atoms with Crippen LogP contribution in [0.4, 0.5) is 5.69 Å². The first-order valence-electron chi connectivity index (χ1n) is 6.24. The van der Waals surface area contributed by atoms with E-state index < -0.39 is 5.60 Å². The molecule has 1 aromatic heterocycles. The molecule has 1 aromatic carbocycles. The molecule has 20 heavy (non-hydrogen) atoms. The molecule has 0 saturated heterocycles. The minimum absolute atomic E-state index is 0.103. The van der Waals surface area contributed by atoms with Gasteiger partial charge in [0.25, 0.3) is 5.91 Å². The average molecular weight is 292 g/mol. The van der Waals surface area contributed by atoms with Gasteiger partial charge in [0.1, 0.15) is 16.7 Å². The molecule has 5 nitrogen and oxygen atoms in total. The summed E-state index contributed by atoms with van der Waals surface area (Å²) in [6.45, 7) is 5.28. The average Bonchev–Trinajstić information content (AvgIpc) is 2.34.